The summed E-state index contributed by atoms with van der Waals surface area (Å²) in [4.78, 5) is 17.3. The molecule has 0 atom stereocenters. The Morgan fingerprint density at radius 1 is 1.71 bits per heavy atom. The van der Waals surface area contributed by atoms with Crippen LogP contribution < -0.4 is 4.90 Å². The van der Waals surface area contributed by atoms with Gasteiger partial charge in [-0.2, -0.15) is 0 Å². The van der Waals surface area contributed by atoms with Gasteiger partial charge in [0.2, 0.25) is 0 Å². The molecule has 5 heteroatoms. The number of nitrogens with zero attached hydrogens (tertiary/aromatic N) is 2. The van der Waals surface area contributed by atoms with Crippen LogP contribution in [-0.2, 0) is 0 Å². The number of thiazole rings is 1. The zero-order chi connectivity index (χ0) is 10.1. The molecule has 1 aliphatic rings. The molecule has 1 aromatic rings. The molecule has 1 saturated carbocycles. The SMILES string of the molecule is CN(CC1CC1)c1nc(Cl)c(C=O)s1. The highest BCUT2D eigenvalue weighted by molar-refractivity contribution is 7.17. The van der Waals surface area contributed by atoms with E-state index in [9.17, 15) is 4.79 Å². The maximum Gasteiger partial charge on any atom is 0.187 e. The first-order chi connectivity index (χ1) is 6.70. The van der Waals surface area contributed by atoms with E-state index in [2.05, 4.69) is 9.88 Å². The fraction of sp³-hybridized carbons (Fsp3) is 0.556. The van der Waals surface area contributed by atoms with Crippen molar-refractivity contribution in [2.45, 2.75) is 12.8 Å². The molecule has 1 aromatic heterocycles. The summed E-state index contributed by atoms with van der Waals surface area (Å²) in [6.07, 6.45) is 3.38. The summed E-state index contributed by atoms with van der Waals surface area (Å²) in [6, 6.07) is 0. The second kappa shape index (κ2) is 3.87. The highest BCUT2D eigenvalue weighted by atomic mass is 35.5. The zero-order valence-corrected chi connectivity index (χ0v) is 9.44. The molecule has 2 rings (SSSR count). The Kier molecular flexibility index (Phi) is 2.74. The van der Waals surface area contributed by atoms with Crippen LogP contribution in [-0.4, -0.2) is 24.9 Å². The van der Waals surface area contributed by atoms with Gasteiger partial charge in [-0.15, -0.1) is 0 Å². The van der Waals surface area contributed by atoms with Gasteiger partial charge in [-0.3, -0.25) is 4.79 Å². The lowest BCUT2D eigenvalue weighted by Crippen LogP contribution is -2.19. The van der Waals surface area contributed by atoms with Crippen molar-refractivity contribution in [1.82, 2.24) is 4.98 Å². The monoisotopic (exact) mass is 230 g/mol. The van der Waals surface area contributed by atoms with E-state index in [4.69, 9.17) is 11.6 Å². The van der Waals surface area contributed by atoms with Crippen LogP contribution in [0.1, 0.15) is 22.5 Å². The van der Waals surface area contributed by atoms with Crippen LogP contribution in [0.25, 0.3) is 0 Å². The molecule has 14 heavy (non-hydrogen) atoms. The van der Waals surface area contributed by atoms with E-state index in [1.165, 1.54) is 24.2 Å². The van der Waals surface area contributed by atoms with Crippen LogP contribution >= 0.6 is 22.9 Å². The molecule has 76 valence electrons. The zero-order valence-electron chi connectivity index (χ0n) is 7.86. The van der Waals surface area contributed by atoms with Gasteiger partial charge in [0.15, 0.2) is 16.6 Å². The third kappa shape index (κ3) is 2.07. The molecule has 0 saturated heterocycles. The van der Waals surface area contributed by atoms with Gasteiger partial charge in [-0.25, -0.2) is 4.98 Å². The summed E-state index contributed by atoms with van der Waals surface area (Å²) >= 11 is 7.13. The molecule has 3 nitrogen and oxygen atoms in total. The summed E-state index contributed by atoms with van der Waals surface area (Å²) in [5.74, 6) is 0.808. The van der Waals surface area contributed by atoms with Crippen LogP contribution in [0.3, 0.4) is 0 Å². The van der Waals surface area contributed by atoms with E-state index >= 15 is 0 Å². The van der Waals surface area contributed by atoms with Crippen LogP contribution in [0, 0.1) is 5.92 Å². The van der Waals surface area contributed by atoms with Gasteiger partial charge in [-0.1, -0.05) is 22.9 Å². The number of hydrogen-bond donors (Lipinski definition) is 0. The predicted octanol–water partition coefficient (Wildman–Crippen LogP) is 2.46. The van der Waals surface area contributed by atoms with Gasteiger partial charge in [0.05, 0.1) is 0 Å². The highest BCUT2D eigenvalue weighted by Gasteiger charge is 2.24. The van der Waals surface area contributed by atoms with Gasteiger partial charge < -0.3 is 4.90 Å². The van der Waals surface area contributed by atoms with E-state index in [1.807, 2.05) is 7.05 Å². The van der Waals surface area contributed by atoms with E-state index in [1.54, 1.807) is 0 Å². The molecule has 1 aliphatic carbocycles. The summed E-state index contributed by atoms with van der Waals surface area (Å²) in [5.41, 5.74) is 0. The molecule has 0 bridgehead atoms. The molecule has 0 N–H and O–H groups in total. The normalized spacial score (nSPS) is 15.6. The molecule has 0 aliphatic heterocycles. The minimum atomic E-state index is 0.322. The molecule has 0 radical (unpaired) electrons. The van der Waals surface area contributed by atoms with Crippen molar-refractivity contribution in [3.05, 3.63) is 10.0 Å². The molecule has 0 amide bonds. The van der Waals surface area contributed by atoms with Crippen molar-refractivity contribution in [3.8, 4) is 0 Å². The molecule has 1 fully saturated rings. The number of carbonyl (C=O) groups is 1. The maximum absolute atomic E-state index is 10.6. The first-order valence-corrected chi connectivity index (χ1v) is 5.73. The average molecular weight is 231 g/mol. The lowest BCUT2D eigenvalue weighted by atomic mass is 10.4. The number of anilines is 1. The number of rotatable bonds is 4. The van der Waals surface area contributed by atoms with Crippen molar-refractivity contribution >= 4 is 34.4 Å². The minimum absolute atomic E-state index is 0.322. The van der Waals surface area contributed by atoms with Crippen molar-refractivity contribution in [2.24, 2.45) is 5.92 Å². The molecule has 1 heterocycles. The topological polar surface area (TPSA) is 33.2 Å². The van der Waals surface area contributed by atoms with E-state index < -0.39 is 0 Å². The quantitative estimate of drug-likeness (QED) is 0.745. The summed E-state index contributed by atoms with van der Waals surface area (Å²) in [6.45, 7) is 1.02. The van der Waals surface area contributed by atoms with Gasteiger partial charge in [0, 0.05) is 13.6 Å². The van der Waals surface area contributed by atoms with Gasteiger partial charge >= 0.3 is 0 Å². The Hall–Kier alpha value is -0.610. The molecular weight excluding hydrogens is 220 g/mol. The number of aldehydes is 1. The fourth-order valence-electron chi connectivity index (χ4n) is 1.30. The Labute approximate surface area is 91.7 Å². The standard InChI is InChI=1S/C9H11ClN2OS/c1-12(4-6-2-3-6)9-11-8(10)7(5-13)14-9/h5-6H,2-4H2,1H3. The van der Waals surface area contributed by atoms with E-state index in [0.29, 0.717) is 10.0 Å². The van der Waals surface area contributed by atoms with Crippen LogP contribution in [0.5, 0.6) is 0 Å². The predicted molar refractivity (Wildman–Crippen MR) is 58.5 cm³/mol. The number of aromatic nitrogens is 1. The number of hydrogen-bond acceptors (Lipinski definition) is 4. The Morgan fingerprint density at radius 2 is 2.43 bits per heavy atom. The van der Waals surface area contributed by atoms with Crippen LogP contribution in [0.15, 0.2) is 0 Å². The second-order valence-corrected chi connectivity index (χ2v) is 4.96. The van der Waals surface area contributed by atoms with E-state index in [-0.39, 0.29) is 0 Å². The Morgan fingerprint density at radius 3 is 2.93 bits per heavy atom. The molecule has 0 spiro atoms. The van der Waals surface area contributed by atoms with Crippen molar-refractivity contribution in [3.63, 3.8) is 0 Å². The van der Waals surface area contributed by atoms with Crippen molar-refractivity contribution in [2.75, 3.05) is 18.5 Å². The van der Waals surface area contributed by atoms with Crippen molar-refractivity contribution < 1.29 is 4.79 Å². The third-order valence-corrected chi connectivity index (χ3v) is 3.76. The molecule has 0 aromatic carbocycles. The first-order valence-electron chi connectivity index (χ1n) is 4.53. The summed E-state index contributed by atoms with van der Waals surface area (Å²) < 4.78 is 0. The van der Waals surface area contributed by atoms with Crippen LogP contribution in [0.2, 0.25) is 5.15 Å². The lowest BCUT2D eigenvalue weighted by Gasteiger charge is -2.14. The minimum Gasteiger partial charge on any atom is -0.351 e. The van der Waals surface area contributed by atoms with Crippen molar-refractivity contribution in [1.29, 1.82) is 0 Å². The Balaban J connectivity index is 2.09. The summed E-state index contributed by atoms with van der Waals surface area (Å²) in [7, 11) is 1.99. The van der Waals surface area contributed by atoms with Crippen LogP contribution in [0.4, 0.5) is 5.13 Å². The second-order valence-electron chi connectivity index (χ2n) is 3.59. The molecule has 0 unspecified atom stereocenters. The lowest BCUT2D eigenvalue weighted by molar-refractivity contribution is 0.112. The van der Waals surface area contributed by atoms with Gasteiger partial charge in [-0.05, 0) is 18.8 Å². The molecular formula is C9H11ClN2OS. The van der Waals surface area contributed by atoms with Gasteiger partial charge in [0.25, 0.3) is 0 Å². The smallest absolute Gasteiger partial charge is 0.187 e. The third-order valence-electron chi connectivity index (χ3n) is 2.26. The highest BCUT2D eigenvalue weighted by Crippen LogP contribution is 2.33. The fourth-order valence-corrected chi connectivity index (χ4v) is 2.34. The number of halogens is 1. The van der Waals surface area contributed by atoms with E-state index in [0.717, 1.165) is 23.9 Å². The summed E-state index contributed by atoms with van der Waals surface area (Å²) in [5, 5.41) is 1.16. The van der Waals surface area contributed by atoms with Gasteiger partial charge in [0.1, 0.15) is 4.88 Å². The average Bonchev–Trinajstić information content (AvgIpc) is 2.87. The first kappa shape index (κ1) is 9.93. The maximum atomic E-state index is 10.6. The largest absolute Gasteiger partial charge is 0.351 e. The Bertz CT molecular complexity index is 349. The number of carbonyl (C=O) groups excluding carboxylic acids is 1.